The highest BCUT2D eigenvalue weighted by atomic mass is 32.2. The third-order valence-corrected chi connectivity index (χ3v) is 3.37. The summed E-state index contributed by atoms with van der Waals surface area (Å²) >= 11 is 0. The van der Waals surface area contributed by atoms with E-state index in [0.29, 0.717) is 12.1 Å². The number of carbonyl (C=O) groups is 1. The fraction of sp³-hybridized carbons (Fsp3) is 0.364. The molecule has 1 aromatic carbocycles. The van der Waals surface area contributed by atoms with Gasteiger partial charge in [0.15, 0.2) is 9.84 Å². The molecule has 0 bridgehead atoms. The summed E-state index contributed by atoms with van der Waals surface area (Å²) in [7, 11) is -3.30. The first-order chi connectivity index (χ1) is 7.84. The third-order valence-electron chi connectivity index (χ3n) is 2.26. The van der Waals surface area contributed by atoms with Crippen LogP contribution in [0.1, 0.15) is 17.3 Å². The van der Waals surface area contributed by atoms with Gasteiger partial charge in [-0.15, -0.1) is 0 Å². The molecule has 1 aromatic rings. The highest BCUT2D eigenvalue weighted by Gasteiger charge is 2.12. The van der Waals surface area contributed by atoms with Crippen molar-refractivity contribution in [2.24, 2.45) is 5.73 Å². The molecule has 0 unspecified atom stereocenters. The maximum Gasteiger partial charge on any atom is 0.251 e. The van der Waals surface area contributed by atoms with Gasteiger partial charge in [-0.3, -0.25) is 4.79 Å². The molecule has 0 saturated heterocycles. The van der Waals surface area contributed by atoms with Crippen molar-refractivity contribution in [3.05, 3.63) is 29.8 Å². The second-order valence-corrected chi connectivity index (χ2v) is 5.93. The number of hydrogen-bond donors (Lipinski definition) is 2. The quantitative estimate of drug-likeness (QED) is 0.803. The Kier molecular flexibility index (Phi) is 4.25. The van der Waals surface area contributed by atoms with Crippen LogP contribution in [0, 0.1) is 0 Å². The predicted octanol–water partition coefficient (Wildman–Crippen LogP) is 0.167. The second kappa shape index (κ2) is 5.29. The molecule has 0 heterocycles. The number of benzene rings is 1. The van der Waals surface area contributed by atoms with Gasteiger partial charge in [0.25, 0.3) is 5.91 Å². The van der Waals surface area contributed by atoms with E-state index < -0.39 is 9.84 Å². The van der Waals surface area contributed by atoms with Crippen molar-refractivity contribution in [2.45, 2.75) is 17.9 Å². The van der Waals surface area contributed by atoms with E-state index >= 15 is 0 Å². The van der Waals surface area contributed by atoms with Gasteiger partial charge in [-0.2, -0.15) is 0 Å². The first-order valence-electron chi connectivity index (χ1n) is 5.15. The van der Waals surface area contributed by atoms with Crippen LogP contribution in [0.5, 0.6) is 0 Å². The van der Waals surface area contributed by atoms with Crippen LogP contribution in [0.25, 0.3) is 0 Å². The van der Waals surface area contributed by atoms with Crippen molar-refractivity contribution in [1.82, 2.24) is 5.32 Å². The van der Waals surface area contributed by atoms with E-state index in [2.05, 4.69) is 5.32 Å². The number of rotatable bonds is 4. The fourth-order valence-corrected chi connectivity index (χ4v) is 1.90. The minimum absolute atomic E-state index is 0.130. The molecule has 0 aliphatic rings. The number of nitrogens with one attached hydrogen (secondary N) is 1. The Labute approximate surface area is 101 Å². The van der Waals surface area contributed by atoms with Crippen molar-refractivity contribution in [3.8, 4) is 0 Å². The van der Waals surface area contributed by atoms with E-state index in [-0.39, 0.29) is 16.8 Å². The van der Waals surface area contributed by atoms with E-state index in [1.807, 2.05) is 0 Å². The van der Waals surface area contributed by atoms with Crippen LogP contribution in [-0.2, 0) is 9.84 Å². The summed E-state index contributed by atoms with van der Waals surface area (Å²) in [5.41, 5.74) is 5.70. The van der Waals surface area contributed by atoms with Crippen LogP contribution in [-0.4, -0.2) is 33.2 Å². The number of nitrogens with two attached hydrogens (primary N) is 1. The minimum atomic E-state index is -3.30. The summed E-state index contributed by atoms with van der Waals surface area (Å²) in [6.07, 6.45) is 1.10. The molecule has 0 saturated carbocycles. The van der Waals surface area contributed by atoms with Crippen LogP contribution in [0.2, 0.25) is 0 Å². The molecule has 1 atom stereocenters. The second-order valence-electron chi connectivity index (χ2n) is 3.91. The van der Waals surface area contributed by atoms with Crippen molar-refractivity contribution in [1.29, 1.82) is 0 Å². The molecule has 94 valence electrons. The molecule has 0 spiro atoms. The summed E-state index contributed by atoms with van der Waals surface area (Å²) in [5.74, 6) is -0.326. The zero-order valence-electron chi connectivity index (χ0n) is 9.80. The van der Waals surface area contributed by atoms with Gasteiger partial charge in [-0.05, 0) is 25.1 Å². The molecule has 0 aromatic heterocycles. The maximum absolute atomic E-state index is 11.7. The van der Waals surface area contributed by atoms with Gasteiger partial charge in [-0.1, -0.05) is 6.07 Å². The van der Waals surface area contributed by atoms with Crippen LogP contribution in [0.4, 0.5) is 0 Å². The molecular formula is C11H16N2O3S. The largest absolute Gasteiger partial charge is 0.348 e. The molecule has 0 radical (unpaired) electrons. The van der Waals surface area contributed by atoms with Crippen LogP contribution in [0.3, 0.4) is 0 Å². The Bertz CT molecular complexity index is 511. The van der Waals surface area contributed by atoms with Crippen molar-refractivity contribution < 1.29 is 13.2 Å². The van der Waals surface area contributed by atoms with Gasteiger partial charge < -0.3 is 11.1 Å². The van der Waals surface area contributed by atoms with Gasteiger partial charge in [-0.25, -0.2) is 8.42 Å². The smallest absolute Gasteiger partial charge is 0.251 e. The first-order valence-corrected chi connectivity index (χ1v) is 7.05. The molecule has 3 N–H and O–H groups in total. The summed E-state index contributed by atoms with van der Waals surface area (Å²) in [6, 6.07) is 5.77. The van der Waals surface area contributed by atoms with Crippen LogP contribution >= 0.6 is 0 Å². The molecule has 0 aliphatic carbocycles. The van der Waals surface area contributed by atoms with Crippen LogP contribution < -0.4 is 11.1 Å². The Morgan fingerprint density at radius 2 is 2.12 bits per heavy atom. The van der Waals surface area contributed by atoms with Crippen molar-refractivity contribution >= 4 is 15.7 Å². The Morgan fingerprint density at radius 3 is 2.65 bits per heavy atom. The molecule has 0 aliphatic heterocycles. The van der Waals surface area contributed by atoms with Crippen molar-refractivity contribution in [3.63, 3.8) is 0 Å². The zero-order chi connectivity index (χ0) is 13.1. The summed E-state index contributed by atoms with van der Waals surface area (Å²) in [5, 5.41) is 2.67. The highest BCUT2D eigenvalue weighted by molar-refractivity contribution is 7.90. The topological polar surface area (TPSA) is 89.3 Å². The van der Waals surface area contributed by atoms with Gasteiger partial charge in [0, 0.05) is 24.4 Å². The molecular weight excluding hydrogens is 240 g/mol. The lowest BCUT2D eigenvalue weighted by Crippen LogP contribution is -2.37. The average molecular weight is 256 g/mol. The molecule has 17 heavy (non-hydrogen) atoms. The number of amides is 1. The number of sulfone groups is 1. The number of carbonyl (C=O) groups excluding carboxylic acids is 1. The highest BCUT2D eigenvalue weighted by Crippen LogP contribution is 2.11. The standard InChI is InChI=1S/C11H16N2O3S/c1-8(7-12)13-11(14)9-4-3-5-10(6-9)17(2,15)16/h3-6,8H,7,12H2,1-2H3,(H,13,14)/t8-/m0/s1. The van der Waals surface area contributed by atoms with Gasteiger partial charge in [0.1, 0.15) is 0 Å². The van der Waals surface area contributed by atoms with E-state index in [1.54, 1.807) is 19.1 Å². The lowest BCUT2D eigenvalue weighted by atomic mass is 10.2. The van der Waals surface area contributed by atoms with Gasteiger partial charge in [0.2, 0.25) is 0 Å². The Hall–Kier alpha value is -1.40. The predicted molar refractivity (Wildman–Crippen MR) is 65.5 cm³/mol. The molecule has 6 heteroatoms. The van der Waals surface area contributed by atoms with E-state index in [1.165, 1.54) is 12.1 Å². The van der Waals surface area contributed by atoms with Crippen molar-refractivity contribution in [2.75, 3.05) is 12.8 Å². The van der Waals surface area contributed by atoms with Gasteiger partial charge in [0.05, 0.1) is 4.90 Å². The van der Waals surface area contributed by atoms with E-state index in [0.717, 1.165) is 6.26 Å². The molecule has 1 rings (SSSR count). The fourth-order valence-electron chi connectivity index (χ4n) is 1.23. The minimum Gasteiger partial charge on any atom is -0.348 e. The first kappa shape index (κ1) is 13.7. The average Bonchev–Trinajstić information content (AvgIpc) is 2.28. The monoisotopic (exact) mass is 256 g/mol. The summed E-state index contributed by atoms with van der Waals surface area (Å²) in [4.78, 5) is 11.9. The Balaban J connectivity index is 2.97. The number of hydrogen-bond acceptors (Lipinski definition) is 4. The summed E-state index contributed by atoms with van der Waals surface area (Å²) in [6.45, 7) is 2.11. The zero-order valence-corrected chi connectivity index (χ0v) is 10.6. The lowest BCUT2D eigenvalue weighted by Gasteiger charge is -2.11. The lowest BCUT2D eigenvalue weighted by molar-refractivity contribution is 0.0941. The molecule has 5 nitrogen and oxygen atoms in total. The molecule has 0 fully saturated rings. The maximum atomic E-state index is 11.7. The Morgan fingerprint density at radius 1 is 1.47 bits per heavy atom. The SMILES string of the molecule is C[C@@H](CN)NC(=O)c1cccc(S(C)(=O)=O)c1. The van der Waals surface area contributed by atoms with Gasteiger partial charge >= 0.3 is 0 Å². The van der Waals surface area contributed by atoms with E-state index in [9.17, 15) is 13.2 Å². The van der Waals surface area contributed by atoms with E-state index in [4.69, 9.17) is 5.73 Å². The van der Waals surface area contributed by atoms with Crippen LogP contribution in [0.15, 0.2) is 29.2 Å². The normalized spacial score (nSPS) is 13.1. The molecule has 1 amide bonds. The summed E-state index contributed by atoms with van der Waals surface area (Å²) < 4.78 is 22.7. The third kappa shape index (κ3) is 3.83.